The van der Waals surface area contributed by atoms with E-state index in [1.807, 2.05) is 24.1 Å². The highest BCUT2D eigenvalue weighted by molar-refractivity contribution is 7.99. The lowest BCUT2D eigenvalue weighted by atomic mass is 10.00. The molecule has 0 fully saturated rings. The van der Waals surface area contributed by atoms with E-state index in [2.05, 4.69) is 27.6 Å². The Hall–Kier alpha value is -2.84. The lowest BCUT2D eigenvalue weighted by molar-refractivity contribution is -0.129. The molecule has 1 aromatic heterocycles. The average Bonchev–Trinajstić information content (AvgIpc) is 3.15. The Morgan fingerprint density at radius 3 is 2.61 bits per heavy atom. The van der Waals surface area contributed by atoms with E-state index in [1.165, 1.54) is 22.9 Å². The fourth-order valence-corrected chi connectivity index (χ4v) is 4.37. The first kappa shape index (κ1) is 21.4. The average molecular weight is 456 g/mol. The first-order valence-electron chi connectivity index (χ1n) is 9.90. The Balaban J connectivity index is 1.30. The van der Waals surface area contributed by atoms with Crippen LogP contribution in [0.3, 0.4) is 0 Å². The summed E-state index contributed by atoms with van der Waals surface area (Å²) in [5.74, 6) is 0.782. The van der Waals surface area contributed by atoms with Crippen molar-refractivity contribution >= 4 is 35.2 Å². The fraction of sp³-hybridized carbons (Fsp3) is 0.273. The number of fused-ring (bicyclic) bond motifs is 1. The number of carbonyl (C=O) groups excluding carboxylic acids is 2. The van der Waals surface area contributed by atoms with Crippen LogP contribution >= 0.6 is 23.4 Å². The van der Waals surface area contributed by atoms with Gasteiger partial charge in [-0.25, -0.2) is 0 Å². The van der Waals surface area contributed by atoms with Gasteiger partial charge in [0.1, 0.15) is 0 Å². The molecular weight excluding hydrogens is 434 g/mol. The molecule has 31 heavy (non-hydrogen) atoms. The van der Waals surface area contributed by atoms with Crippen molar-refractivity contribution in [2.75, 3.05) is 12.3 Å². The van der Waals surface area contributed by atoms with Crippen molar-refractivity contribution in [2.24, 2.45) is 7.05 Å². The summed E-state index contributed by atoms with van der Waals surface area (Å²) in [5.41, 5.74) is 3.05. The Morgan fingerprint density at radius 1 is 1.10 bits per heavy atom. The summed E-state index contributed by atoms with van der Waals surface area (Å²) in [5, 5.41) is 12.4. The van der Waals surface area contributed by atoms with Gasteiger partial charge in [0.2, 0.25) is 5.91 Å². The minimum atomic E-state index is -0.213. The van der Waals surface area contributed by atoms with E-state index in [4.69, 9.17) is 11.6 Å². The Morgan fingerprint density at radius 2 is 1.84 bits per heavy atom. The lowest BCUT2D eigenvalue weighted by Crippen LogP contribution is -2.37. The second-order valence-corrected chi connectivity index (χ2v) is 8.65. The molecule has 0 aliphatic carbocycles. The molecule has 160 valence electrons. The van der Waals surface area contributed by atoms with Gasteiger partial charge in [-0.1, -0.05) is 47.6 Å². The summed E-state index contributed by atoms with van der Waals surface area (Å²) >= 11 is 7.21. The number of hydrogen-bond acceptors (Lipinski definition) is 5. The third-order valence-corrected chi connectivity index (χ3v) is 6.50. The standard InChI is InChI=1S/C22H22ClN5O2S/c1-27-19(12-24-21(30)16-6-8-18(23)9-7-16)25-26-22(27)31-14-20(29)28-11-10-15-4-2-3-5-17(15)13-28/h2-9H,10-14H2,1H3,(H,24,30). The molecule has 0 saturated heterocycles. The van der Waals surface area contributed by atoms with E-state index in [1.54, 1.807) is 28.8 Å². The van der Waals surface area contributed by atoms with Crippen LogP contribution in [0.5, 0.6) is 0 Å². The summed E-state index contributed by atoms with van der Waals surface area (Å²) in [6.07, 6.45) is 0.883. The zero-order valence-corrected chi connectivity index (χ0v) is 18.6. The van der Waals surface area contributed by atoms with Crippen molar-refractivity contribution in [3.05, 3.63) is 76.1 Å². The summed E-state index contributed by atoms with van der Waals surface area (Å²) < 4.78 is 1.80. The molecule has 0 atom stereocenters. The van der Waals surface area contributed by atoms with Gasteiger partial charge in [0.25, 0.3) is 5.91 Å². The number of amides is 2. The quantitative estimate of drug-likeness (QED) is 0.578. The third kappa shape index (κ3) is 5.08. The van der Waals surface area contributed by atoms with Crippen LogP contribution in [-0.2, 0) is 31.4 Å². The maximum Gasteiger partial charge on any atom is 0.251 e. The van der Waals surface area contributed by atoms with Crippen molar-refractivity contribution in [1.29, 1.82) is 0 Å². The number of nitrogens with one attached hydrogen (secondary N) is 1. The maximum atomic E-state index is 12.7. The summed E-state index contributed by atoms with van der Waals surface area (Å²) in [7, 11) is 1.83. The molecule has 0 spiro atoms. The van der Waals surface area contributed by atoms with Gasteiger partial charge in [0.15, 0.2) is 11.0 Å². The number of nitrogens with zero attached hydrogens (tertiary/aromatic N) is 4. The van der Waals surface area contributed by atoms with E-state index in [0.29, 0.717) is 33.9 Å². The molecule has 0 saturated carbocycles. The molecule has 3 aromatic rings. The highest BCUT2D eigenvalue weighted by Gasteiger charge is 2.21. The second kappa shape index (κ2) is 9.53. The molecule has 4 rings (SSSR count). The number of benzene rings is 2. The van der Waals surface area contributed by atoms with E-state index in [-0.39, 0.29) is 18.4 Å². The van der Waals surface area contributed by atoms with Gasteiger partial charge in [-0.15, -0.1) is 10.2 Å². The van der Waals surface area contributed by atoms with Crippen LogP contribution in [0.15, 0.2) is 53.7 Å². The zero-order chi connectivity index (χ0) is 21.8. The van der Waals surface area contributed by atoms with Gasteiger partial charge < -0.3 is 14.8 Å². The fourth-order valence-electron chi connectivity index (χ4n) is 3.41. The Labute approximate surface area is 189 Å². The molecule has 2 amide bonds. The van der Waals surface area contributed by atoms with E-state index in [9.17, 15) is 9.59 Å². The predicted octanol–water partition coefficient (Wildman–Crippen LogP) is 3.08. The van der Waals surface area contributed by atoms with E-state index < -0.39 is 0 Å². The molecular formula is C22H22ClN5O2S. The molecule has 9 heteroatoms. The van der Waals surface area contributed by atoms with Crippen molar-refractivity contribution in [3.8, 4) is 0 Å². The molecule has 1 aliphatic rings. The van der Waals surface area contributed by atoms with E-state index >= 15 is 0 Å². The van der Waals surface area contributed by atoms with Crippen LogP contribution in [-0.4, -0.2) is 43.8 Å². The Kier molecular flexibility index (Phi) is 6.58. The van der Waals surface area contributed by atoms with Crippen molar-refractivity contribution in [3.63, 3.8) is 0 Å². The van der Waals surface area contributed by atoms with Crippen molar-refractivity contribution in [2.45, 2.75) is 24.7 Å². The molecule has 0 bridgehead atoms. The van der Waals surface area contributed by atoms with Crippen molar-refractivity contribution in [1.82, 2.24) is 25.0 Å². The monoisotopic (exact) mass is 455 g/mol. The van der Waals surface area contributed by atoms with Crippen molar-refractivity contribution < 1.29 is 9.59 Å². The third-order valence-electron chi connectivity index (χ3n) is 5.25. The zero-order valence-electron chi connectivity index (χ0n) is 17.0. The number of aromatic nitrogens is 3. The van der Waals surface area contributed by atoms with Gasteiger partial charge in [-0.05, 0) is 41.8 Å². The molecule has 2 aromatic carbocycles. The second-order valence-electron chi connectivity index (χ2n) is 7.27. The molecule has 0 unspecified atom stereocenters. The van der Waals surface area contributed by atoms with Crippen LogP contribution in [0.4, 0.5) is 0 Å². The molecule has 2 heterocycles. The largest absolute Gasteiger partial charge is 0.345 e. The minimum absolute atomic E-state index is 0.0834. The summed E-state index contributed by atoms with van der Waals surface area (Å²) in [6, 6.07) is 14.9. The maximum absolute atomic E-state index is 12.7. The first-order chi connectivity index (χ1) is 15.0. The number of carbonyl (C=O) groups is 2. The number of rotatable bonds is 6. The number of hydrogen-bond donors (Lipinski definition) is 1. The normalized spacial score (nSPS) is 13.0. The van der Waals surface area contributed by atoms with Gasteiger partial charge >= 0.3 is 0 Å². The van der Waals surface area contributed by atoms with Crippen LogP contribution in [0, 0.1) is 0 Å². The van der Waals surface area contributed by atoms with Crippen LogP contribution in [0.2, 0.25) is 5.02 Å². The summed E-state index contributed by atoms with van der Waals surface area (Å²) in [6.45, 7) is 1.62. The number of thioether (sulfide) groups is 1. The highest BCUT2D eigenvalue weighted by Crippen LogP contribution is 2.21. The van der Waals surface area contributed by atoms with Crippen LogP contribution in [0.25, 0.3) is 0 Å². The van der Waals surface area contributed by atoms with Gasteiger partial charge in [-0.3, -0.25) is 9.59 Å². The molecule has 7 nitrogen and oxygen atoms in total. The number of halogens is 1. The molecule has 0 radical (unpaired) electrons. The molecule has 1 N–H and O–H groups in total. The SMILES string of the molecule is Cn1c(CNC(=O)c2ccc(Cl)cc2)nnc1SCC(=O)N1CCc2ccccc2C1. The van der Waals surface area contributed by atoms with Gasteiger partial charge in [0, 0.05) is 30.7 Å². The Bertz CT molecular complexity index is 1100. The molecule has 1 aliphatic heterocycles. The van der Waals surface area contributed by atoms with Gasteiger partial charge in [0.05, 0.1) is 12.3 Å². The smallest absolute Gasteiger partial charge is 0.251 e. The lowest BCUT2D eigenvalue weighted by Gasteiger charge is -2.28. The van der Waals surface area contributed by atoms with Crippen LogP contribution < -0.4 is 5.32 Å². The van der Waals surface area contributed by atoms with E-state index in [0.717, 1.165) is 13.0 Å². The summed E-state index contributed by atoms with van der Waals surface area (Å²) in [4.78, 5) is 26.8. The highest BCUT2D eigenvalue weighted by atomic mass is 35.5. The minimum Gasteiger partial charge on any atom is -0.345 e. The van der Waals surface area contributed by atoms with Crippen LogP contribution in [0.1, 0.15) is 27.3 Å². The van der Waals surface area contributed by atoms with Gasteiger partial charge in [-0.2, -0.15) is 0 Å². The first-order valence-corrected chi connectivity index (χ1v) is 11.3. The topological polar surface area (TPSA) is 80.1 Å². The predicted molar refractivity (Wildman–Crippen MR) is 120 cm³/mol.